The average molecular weight is 342 g/mol. The molecule has 2 atom stereocenters. The smallest absolute Gasteiger partial charge is 0.337 e. The molecule has 4 nitrogen and oxygen atoms in total. The lowest BCUT2D eigenvalue weighted by Crippen LogP contribution is -2.19. The first-order valence-corrected chi connectivity index (χ1v) is 8.73. The van der Waals surface area contributed by atoms with Gasteiger partial charge in [0.25, 0.3) is 0 Å². The van der Waals surface area contributed by atoms with E-state index in [1.807, 2.05) is 25.1 Å². The van der Waals surface area contributed by atoms with Crippen molar-refractivity contribution in [1.82, 2.24) is 0 Å². The highest BCUT2D eigenvalue weighted by molar-refractivity contribution is 5.98. The van der Waals surface area contributed by atoms with Gasteiger partial charge in [-0.05, 0) is 54.0 Å². The Hall–Kier alpha value is -2.20. The van der Waals surface area contributed by atoms with E-state index < -0.39 is 5.97 Å². The van der Waals surface area contributed by atoms with E-state index in [-0.39, 0.29) is 24.2 Å². The fourth-order valence-corrected chi connectivity index (χ4v) is 3.31. The van der Waals surface area contributed by atoms with E-state index in [1.165, 1.54) is 18.7 Å². The van der Waals surface area contributed by atoms with Gasteiger partial charge in [0.1, 0.15) is 0 Å². The largest absolute Gasteiger partial charge is 0.465 e. The van der Waals surface area contributed by atoms with Gasteiger partial charge in [-0.15, -0.1) is 0 Å². The van der Waals surface area contributed by atoms with Crippen LogP contribution in [0.4, 0.5) is 0 Å². The summed E-state index contributed by atoms with van der Waals surface area (Å²) < 4.78 is 4.75. The number of allylic oxidation sites excluding steroid dienone is 2. The predicted molar refractivity (Wildman–Crippen MR) is 97.0 cm³/mol. The van der Waals surface area contributed by atoms with Gasteiger partial charge >= 0.3 is 5.97 Å². The van der Waals surface area contributed by atoms with Crippen LogP contribution in [0.2, 0.25) is 0 Å². The molecule has 0 fully saturated rings. The van der Waals surface area contributed by atoms with Gasteiger partial charge < -0.3 is 9.84 Å². The van der Waals surface area contributed by atoms with Crippen molar-refractivity contribution in [2.75, 3.05) is 7.11 Å². The summed E-state index contributed by atoms with van der Waals surface area (Å²) in [6.07, 6.45) is 7.24. The van der Waals surface area contributed by atoms with Gasteiger partial charge in [0.05, 0.1) is 19.3 Å². The Bertz CT molecular complexity index is 700. The number of carbonyl (C=O) groups excluding carboxylic acids is 2. The molecule has 25 heavy (non-hydrogen) atoms. The number of aliphatic hydroxyl groups excluding tert-OH is 1. The Morgan fingerprint density at radius 2 is 2.00 bits per heavy atom. The van der Waals surface area contributed by atoms with Crippen molar-refractivity contribution < 1.29 is 19.4 Å². The van der Waals surface area contributed by atoms with Crippen molar-refractivity contribution in [1.29, 1.82) is 0 Å². The third kappa shape index (κ3) is 4.67. The molecule has 0 aliphatic heterocycles. The molecule has 1 aromatic rings. The number of methoxy groups -OCH3 is 1. The quantitative estimate of drug-likeness (QED) is 0.807. The molecule has 1 aliphatic rings. The summed E-state index contributed by atoms with van der Waals surface area (Å²) in [5.41, 5.74) is 3.71. The van der Waals surface area contributed by atoms with Gasteiger partial charge in [-0.2, -0.15) is 0 Å². The van der Waals surface area contributed by atoms with E-state index in [2.05, 4.69) is 13.0 Å². The van der Waals surface area contributed by atoms with Gasteiger partial charge in [0.2, 0.25) is 0 Å². The minimum absolute atomic E-state index is 0.0287. The molecular formula is C21H26O4. The molecule has 2 unspecified atom stereocenters. The maximum Gasteiger partial charge on any atom is 0.337 e. The van der Waals surface area contributed by atoms with Gasteiger partial charge in [0, 0.05) is 5.92 Å². The Kier molecular flexibility index (Phi) is 6.71. The SMILES string of the molecule is CCc1cc(CCC2C(=O)C=CC(C(=O)OC)=CC2C)ccc1CO. The van der Waals surface area contributed by atoms with Crippen LogP contribution in [0.15, 0.2) is 42.0 Å². The number of rotatable bonds is 6. The lowest BCUT2D eigenvalue weighted by molar-refractivity contribution is -0.135. The maximum absolute atomic E-state index is 12.4. The van der Waals surface area contributed by atoms with E-state index >= 15 is 0 Å². The van der Waals surface area contributed by atoms with Gasteiger partial charge in [-0.1, -0.05) is 38.1 Å². The lowest BCUT2D eigenvalue weighted by atomic mass is 9.85. The molecule has 0 aromatic heterocycles. The lowest BCUT2D eigenvalue weighted by Gasteiger charge is -2.18. The summed E-state index contributed by atoms with van der Waals surface area (Å²) in [7, 11) is 1.34. The molecule has 0 saturated heterocycles. The number of carbonyl (C=O) groups is 2. The zero-order valence-corrected chi connectivity index (χ0v) is 15.1. The number of aryl methyl sites for hydroxylation is 2. The van der Waals surface area contributed by atoms with E-state index in [0.717, 1.165) is 30.4 Å². The van der Waals surface area contributed by atoms with Crippen LogP contribution in [0.1, 0.15) is 37.0 Å². The molecule has 1 N–H and O–H groups in total. The normalized spacial score (nSPS) is 20.2. The predicted octanol–water partition coefficient (Wildman–Crippen LogP) is 3.16. The highest BCUT2D eigenvalue weighted by Crippen LogP contribution is 2.26. The zero-order chi connectivity index (χ0) is 18.4. The van der Waals surface area contributed by atoms with Crippen LogP contribution in [-0.2, 0) is 33.8 Å². The molecule has 1 aromatic carbocycles. The average Bonchev–Trinajstić information content (AvgIpc) is 2.77. The summed E-state index contributed by atoms with van der Waals surface area (Å²) in [6, 6.07) is 6.09. The monoisotopic (exact) mass is 342 g/mol. The topological polar surface area (TPSA) is 63.6 Å². The fraction of sp³-hybridized carbons (Fsp3) is 0.429. The Labute approximate surface area is 149 Å². The fourth-order valence-electron chi connectivity index (χ4n) is 3.31. The van der Waals surface area contributed by atoms with E-state index in [4.69, 9.17) is 4.74 Å². The van der Waals surface area contributed by atoms with Crippen molar-refractivity contribution in [3.63, 3.8) is 0 Å². The standard InChI is InChI=1S/C21H26O4/c1-4-16-12-15(5-7-18(16)13-22)6-9-19-14(2)11-17(21(24)25-3)8-10-20(19)23/h5,7-8,10-12,14,19,22H,4,6,9,13H2,1-3H3. The van der Waals surface area contributed by atoms with E-state index in [1.54, 1.807) is 6.08 Å². The summed E-state index contributed by atoms with van der Waals surface area (Å²) in [4.78, 5) is 24.1. The van der Waals surface area contributed by atoms with Gasteiger partial charge in [0.15, 0.2) is 5.78 Å². The molecule has 0 saturated carbocycles. The number of benzene rings is 1. The van der Waals surface area contributed by atoms with E-state index in [0.29, 0.717) is 5.57 Å². The first-order valence-electron chi connectivity index (χ1n) is 8.73. The Balaban J connectivity index is 2.12. The third-order valence-electron chi connectivity index (χ3n) is 4.86. The van der Waals surface area contributed by atoms with Crippen LogP contribution in [0.5, 0.6) is 0 Å². The van der Waals surface area contributed by atoms with Crippen molar-refractivity contribution in [3.8, 4) is 0 Å². The van der Waals surface area contributed by atoms with Crippen molar-refractivity contribution in [3.05, 3.63) is 58.7 Å². The molecule has 0 bridgehead atoms. The summed E-state index contributed by atoms with van der Waals surface area (Å²) in [6.45, 7) is 4.08. The number of ketones is 1. The van der Waals surface area contributed by atoms with Crippen LogP contribution in [0.25, 0.3) is 0 Å². The number of aliphatic hydroxyl groups is 1. The van der Waals surface area contributed by atoms with Crippen molar-refractivity contribution in [2.45, 2.75) is 39.7 Å². The molecule has 1 aliphatic carbocycles. The third-order valence-corrected chi connectivity index (χ3v) is 4.86. The zero-order valence-electron chi connectivity index (χ0n) is 15.1. The number of ether oxygens (including phenoxy) is 1. The molecule has 0 spiro atoms. The van der Waals surface area contributed by atoms with Gasteiger partial charge in [-0.25, -0.2) is 4.79 Å². The first-order chi connectivity index (χ1) is 12.0. The van der Waals surface area contributed by atoms with Crippen molar-refractivity contribution >= 4 is 11.8 Å². The number of hydrogen-bond acceptors (Lipinski definition) is 4. The minimum atomic E-state index is -0.413. The molecule has 0 heterocycles. The summed E-state index contributed by atoms with van der Waals surface area (Å²) in [5, 5.41) is 9.37. The second kappa shape index (κ2) is 8.77. The Morgan fingerprint density at radius 1 is 1.24 bits per heavy atom. The molecule has 4 heteroatoms. The van der Waals surface area contributed by atoms with Crippen LogP contribution >= 0.6 is 0 Å². The van der Waals surface area contributed by atoms with Crippen LogP contribution in [-0.4, -0.2) is 24.0 Å². The second-order valence-corrected chi connectivity index (χ2v) is 6.47. The molecular weight excluding hydrogens is 316 g/mol. The molecule has 0 radical (unpaired) electrons. The minimum Gasteiger partial charge on any atom is -0.465 e. The van der Waals surface area contributed by atoms with E-state index in [9.17, 15) is 14.7 Å². The summed E-state index contributed by atoms with van der Waals surface area (Å²) in [5.74, 6) is -0.547. The van der Waals surface area contributed by atoms with Gasteiger partial charge in [-0.3, -0.25) is 4.79 Å². The highest BCUT2D eigenvalue weighted by atomic mass is 16.5. The molecule has 134 valence electrons. The van der Waals surface area contributed by atoms with Crippen LogP contribution in [0.3, 0.4) is 0 Å². The number of hydrogen-bond donors (Lipinski definition) is 1. The maximum atomic E-state index is 12.4. The highest BCUT2D eigenvalue weighted by Gasteiger charge is 2.25. The van der Waals surface area contributed by atoms with Crippen LogP contribution < -0.4 is 0 Å². The summed E-state index contributed by atoms with van der Waals surface area (Å²) >= 11 is 0. The first kappa shape index (κ1) is 19.1. The second-order valence-electron chi connectivity index (χ2n) is 6.47. The number of esters is 1. The van der Waals surface area contributed by atoms with Crippen molar-refractivity contribution in [2.24, 2.45) is 11.8 Å². The molecule has 0 amide bonds. The Morgan fingerprint density at radius 3 is 2.64 bits per heavy atom. The molecule has 2 rings (SSSR count). The van der Waals surface area contributed by atoms with Crippen LogP contribution in [0, 0.1) is 11.8 Å².